The van der Waals surface area contributed by atoms with E-state index in [9.17, 15) is 31.1 Å². The summed E-state index contributed by atoms with van der Waals surface area (Å²) in [6, 6.07) is 14.4. The molecule has 0 aliphatic rings. The highest BCUT2D eigenvalue weighted by molar-refractivity contribution is 5.82. The van der Waals surface area contributed by atoms with Crippen molar-refractivity contribution in [3.05, 3.63) is 106 Å². The maximum Gasteiger partial charge on any atom is 0.416 e. The molecule has 32 heavy (non-hydrogen) atoms. The summed E-state index contributed by atoms with van der Waals surface area (Å²) in [5.74, 6) is 0. The van der Waals surface area contributed by atoms with Gasteiger partial charge in [0.1, 0.15) is 6.29 Å². The number of aldehydes is 1. The lowest BCUT2D eigenvalue weighted by Crippen LogP contribution is -2.04. The number of carbonyl (C=O) groups excluding carboxylic acids is 1. The Morgan fingerprint density at radius 1 is 0.500 bits per heavy atom. The maximum absolute atomic E-state index is 12.9. The van der Waals surface area contributed by atoms with Crippen LogP contribution >= 0.6 is 0 Å². The third-order valence-corrected chi connectivity index (χ3v) is 4.50. The van der Waals surface area contributed by atoms with E-state index in [-0.39, 0.29) is 0 Å². The summed E-state index contributed by atoms with van der Waals surface area (Å²) in [4.78, 5) is 11.3. The van der Waals surface area contributed by atoms with Crippen LogP contribution in [0.5, 0.6) is 0 Å². The third kappa shape index (κ3) is 6.20. The van der Waals surface area contributed by atoms with Crippen molar-refractivity contribution in [1.29, 1.82) is 0 Å². The van der Waals surface area contributed by atoms with Gasteiger partial charge in [0.05, 0.1) is 11.1 Å². The molecule has 0 aliphatic heterocycles. The van der Waals surface area contributed by atoms with Crippen LogP contribution in [0.25, 0.3) is 24.3 Å². The van der Waals surface area contributed by atoms with Gasteiger partial charge in [-0.2, -0.15) is 26.3 Å². The molecule has 0 radical (unpaired) electrons. The van der Waals surface area contributed by atoms with Crippen LogP contribution in [0, 0.1) is 0 Å². The Bertz CT molecular complexity index is 1080. The average Bonchev–Trinajstić information content (AvgIpc) is 2.75. The van der Waals surface area contributed by atoms with Crippen molar-refractivity contribution in [2.75, 3.05) is 0 Å². The molecule has 0 spiro atoms. The fourth-order valence-corrected chi connectivity index (χ4v) is 2.99. The van der Waals surface area contributed by atoms with Gasteiger partial charge >= 0.3 is 12.4 Å². The number of benzene rings is 3. The van der Waals surface area contributed by atoms with Crippen LogP contribution in [0.1, 0.15) is 43.7 Å². The van der Waals surface area contributed by atoms with Crippen LogP contribution in [0.15, 0.2) is 66.7 Å². The van der Waals surface area contributed by atoms with Crippen LogP contribution in [-0.4, -0.2) is 6.29 Å². The van der Waals surface area contributed by atoms with Crippen LogP contribution in [0.3, 0.4) is 0 Å². The zero-order chi connectivity index (χ0) is 23.4. The highest BCUT2D eigenvalue weighted by Gasteiger charge is 2.30. The first-order chi connectivity index (χ1) is 15.0. The minimum atomic E-state index is -4.46. The molecule has 0 atom stereocenters. The number of alkyl halides is 6. The molecule has 164 valence electrons. The summed E-state index contributed by atoms with van der Waals surface area (Å²) in [5, 5.41) is 0. The second-order valence-corrected chi connectivity index (χ2v) is 6.96. The molecule has 3 aromatic rings. The van der Waals surface area contributed by atoms with E-state index in [1.165, 1.54) is 36.4 Å². The molecule has 0 aliphatic carbocycles. The SMILES string of the molecule is O=Cc1cc(/C=C/c2cccc(C(F)(F)F)c2)cc(/C=C/c2cccc(C(F)(F)F)c2)c1. The van der Waals surface area contributed by atoms with Crippen molar-refractivity contribution < 1.29 is 31.1 Å². The molecule has 0 N–H and O–H groups in total. The molecule has 0 saturated heterocycles. The van der Waals surface area contributed by atoms with Gasteiger partial charge in [-0.3, -0.25) is 4.79 Å². The van der Waals surface area contributed by atoms with Crippen molar-refractivity contribution in [2.24, 2.45) is 0 Å². The first-order valence-corrected chi connectivity index (χ1v) is 9.35. The predicted octanol–water partition coefficient (Wildman–Crippen LogP) is 7.88. The molecule has 0 heterocycles. The van der Waals surface area contributed by atoms with Crippen LogP contribution < -0.4 is 0 Å². The molecule has 0 saturated carbocycles. The van der Waals surface area contributed by atoms with E-state index in [1.807, 2.05) is 0 Å². The molecular weight excluding hydrogens is 430 g/mol. The molecule has 0 amide bonds. The fraction of sp³-hybridized carbons (Fsp3) is 0.0800. The number of hydrogen-bond acceptors (Lipinski definition) is 1. The minimum Gasteiger partial charge on any atom is -0.298 e. The topological polar surface area (TPSA) is 17.1 Å². The fourth-order valence-electron chi connectivity index (χ4n) is 2.99. The molecule has 0 aromatic heterocycles. The summed E-state index contributed by atoms with van der Waals surface area (Å²) >= 11 is 0. The first kappa shape index (κ1) is 23.1. The second kappa shape index (κ2) is 9.26. The van der Waals surface area contributed by atoms with Crippen molar-refractivity contribution in [2.45, 2.75) is 12.4 Å². The second-order valence-electron chi connectivity index (χ2n) is 6.96. The molecule has 7 heteroatoms. The number of carbonyl (C=O) groups is 1. The molecule has 3 rings (SSSR count). The molecule has 1 nitrogen and oxygen atoms in total. The van der Waals surface area contributed by atoms with Gasteiger partial charge in [-0.15, -0.1) is 0 Å². The largest absolute Gasteiger partial charge is 0.416 e. The van der Waals surface area contributed by atoms with E-state index in [0.717, 1.165) is 24.3 Å². The van der Waals surface area contributed by atoms with E-state index < -0.39 is 23.5 Å². The zero-order valence-corrected chi connectivity index (χ0v) is 16.4. The van der Waals surface area contributed by atoms with Crippen LogP contribution in [0.2, 0.25) is 0 Å². The summed E-state index contributed by atoms with van der Waals surface area (Å²) < 4.78 is 77.2. The molecule has 3 aromatic carbocycles. The lowest BCUT2D eigenvalue weighted by atomic mass is 10.0. The minimum absolute atomic E-state index is 0.319. The average molecular weight is 446 g/mol. The van der Waals surface area contributed by atoms with Crippen molar-refractivity contribution in [1.82, 2.24) is 0 Å². The lowest BCUT2D eigenvalue weighted by Gasteiger charge is -2.07. The van der Waals surface area contributed by atoms with Crippen LogP contribution in [0.4, 0.5) is 26.3 Å². The highest BCUT2D eigenvalue weighted by Crippen LogP contribution is 2.31. The molecular formula is C25H16F6O. The number of halogens is 6. The Morgan fingerprint density at radius 3 is 1.25 bits per heavy atom. The summed E-state index contributed by atoms with van der Waals surface area (Å²) in [6.07, 6.45) is -2.21. The number of rotatable bonds is 5. The zero-order valence-electron chi connectivity index (χ0n) is 16.4. The van der Waals surface area contributed by atoms with Crippen molar-refractivity contribution >= 4 is 30.6 Å². The third-order valence-electron chi connectivity index (χ3n) is 4.50. The van der Waals surface area contributed by atoms with Crippen molar-refractivity contribution in [3.8, 4) is 0 Å². The first-order valence-electron chi connectivity index (χ1n) is 9.35. The Morgan fingerprint density at radius 2 is 0.875 bits per heavy atom. The molecule has 0 bridgehead atoms. The van der Waals surface area contributed by atoms with Gasteiger partial charge in [0, 0.05) is 5.56 Å². The van der Waals surface area contributed by atoms with Gasteiger partial charge in [-0.1, -0.05) is 48.6 Å². The Hall–Kier alpha value is -3.61. The van der Waals surface area contributed by atoms with E-state index >= 15 is 0 Å². The summed E-state index contributed by atoms with van der Waals surface area (Å²) in [5.41, 5.74) is 0.540. The van der Waals surface area contributed by atoms with Crippen LogP contribution in [-0.2, 0) is 12.4 Å². The summed E-state index contributed by atoms with van der Waals surface area (Å²) in [6.45, 7) is 0. The summed E-state index contributed by atoms with van der Waals surface area (Å²) in [7, 11) is 0. The smallest absolute Gasteiger partial charge is 0.298 e. The van der Waals surface area contributed by atoms with E-state index in [2.05, 4.69) is 0 Å². The molecule has 0 fully saturated rings. The van der Waals surface area contributed by atoms with Crippen molar-refractivity contribution in [3.63, 3.8) is 0 Å². The van der Waals surface area contributed by atoms with Gasteiger partial charge in [0.25, 0.3) is 0 Å². The highest BCUT2D eigenvalue weighted by atomic mass is 19.4. The van der Waals surface area contributed by atoms with E-state index in [4.69, 9.17) is 0 Å². The van der Waals surface area contributed by atoms with Gasteiger partial charge in [-0.25, -0.2) is 0 Å². The quantitative estimate of drug-likeness (QED) is 0.221. The standard InChI is InChI=1S/C25H16F6O/c26-24(27,28)22-5-1-3-17(14-22)7-9-19-11-20(13-21(12-19)16-32)10-8-18-4-2-6-23(15-18)25(29,30)31/h1-16H/b9-7+,10-8+. The predicted molar refractivity (Wildman–Crippen MR) is 113 cm³/mol. The lowest BCUT2D eigenvalue weighted by molar-refractivity contribution is -0.138. The normalized spacial score (nSPS) is 12.6. The Labute approximate surface area is 180 Å². The van der Waals surface area contributed by atoms with Gasteiger partial charge in [0.2, 0.25) is 0 Å². The molecule has 0 unspecified atom stereocenters. The Kier molecular flexibility index (Phi) is 6.67. The van der Waals surface area contributed by atoms with Gasteiger partial charge in [0.15, 0.2) is 0 Å². The monoisotopic (exact) mass is 446 g/mol. The Balaban J connectivity index is 1.87. The van der Waals surface area contributed by atoms with E-state index in [0.29, 0.717) is 34.1 Å². The number of hydrogen-bond donors (Lipinski definition) is 0. The van der Waals surface area contributed by atoms with Gasteiger partial charge in [-0.05, 0) is 64.7 Å². The van der Waals surface area contributed by atoms with Gasteiger partial charge < -0.3 is 0 Å². The van der Waals surface area contributed by atoms with E-state index in [1.54, 1.807) is 30.4 Å². The maximum atomic E-state index is 12.9.